The molecule has 0 saturated heterocycles. The first kappa shape index (κ1) is 14.6. The van der Waals surface area contributed by atoms with Gasteiger partial charge in [-0.15, -0.1) is 0 Å². The van der Waals surface area contributed by atoms with Gasteiger partial charge < -0.3 is 10.1 Å². The Morgan fingerprint density at radius 2 is 1.83 bits per heavy atom. The lowest BCUT2D eigenvalue weighted by molar-refractivity contribution is -0.121. The first-order valence-corrected chi connectivity index (χ1v) is 6.30. The first-order chi connectivity index (χ1) is 8.40. The van der Waals surface area contributed by atoms with Crippen LogP contribution in [0.4, 0.5) is 0 Å². The molecule has 0 bridgehead atoms. The minimum Gasteiger partial charge on any atom is -0.497 e. The maximum absolute atomic E-state index is 11.7. The van der Waals surface area contributed by atoms with Crippen LogP contribution in [-0.2, 0) is 11.3 Å². The summed E-state index contributed by atoms with van der Waals surface area (Å²) in [6.45, 7) is 7.00. The van der Waals surface area contributed by atoms with Crippen LogP contribution in [0.15, 0.2) is 24.3 Å². The molecule has 0 aromatic heterocycles. The van der Waals surface area contributed by atoms with E-state index in [4.69, 9.17) is 4.74 Å². The molecule has 3 heteroatoms. The highest BCUT2D eigenvalue weighted by molar-refractivity contribution is 5.75. The van der Waals surface area contributed by atoms with E-state index < -0.39 is 0 Å². The lowest BCUT2D eigenvalue weighted by Crippen LogP contribution is -2.24. The second-order valence-electron chi connectivity index (χ2n) is 5.69. The Balaban J connectivity index is 2.33. The van der Waals surface area contributed by atoms with E-state index in [0.29, 0.717) is 13.0 Å². The largest absolute Gasteiger partial charge is 0.497 e. The fourth-order valence-electron chi connectivity index (χ4n) is 1.52. The highest BCUT2D eigenvalue weighted by atomic mass is 16.5. The molecule has 0 atom stereocenters. The minimum absolute atomic E-state index is 0.112. The van der Waals surface area contributed by atoms with Crippen LogP contribution in [0.2, 0.25) is 0 Å². The van der Waals surface area contributed by atoms with Gasteiger partial charge in [-0.1, -0.05) is 32.9 Å². The molecule has 0 radical (unpaired) electrons. The van der Waals surface area contributed by atoms with E-state index in [1.807, 2.05) is 24.3 Å². The maximum atomic E-state index is 11.7. The second-order valence-corrected chi connectivity index (χ2v) is 5.69. The summed E-state index contributed by atoms with van der Waals surface area (Å²) in [5, 5.41) is 2.93. The first-order valence-electron chi connectivity index (χ1n) is 6.30. The normalized spacial score (nSPS) is 11.1. The summed E-state index contributed by atoms with van der Waals surface area (Å²) >= 11 is 0. The molecule has 18 heavy (non-hydrogen) atoms. The average Bonchev–Trinajstić information content (AvgIpc) is 2.33. The number of hydrogen-bond acceptors (Lipinski definition) is 2. The van der Waals surface area contributed by atoms with Crippen molar-refractivity contribution >= 4 is 5.91 Å². The Morgan fingerprint density at radius 3 is 2.33 bits per heavy atom. The van der Waals surface area contributed by atoms with Gasteiger partial charge in [0.15, 0.2) is 0 Å². The molecular weight excluding hydrogens is 226 g/mol. The molecule has 100 valence electrons. The molecular formula is C15H23NO2. The molecule has 1 aromatic rings. The third kappa shape index (κ3) is 5.71. The van der Waals surface area contributed by atoms with Crippen molar-refractivity contribution in [3.8, 4) is 5.75 Å². The van der Waals surface area contributed by atoms with Crippen LogP contribution in [0.1, 0.15) is 39.2 Å². The van der Waals surface area contributed by atoms with Gasteiger partial charge in [0, 0.05) is 13.0 Å². The monoisotopic (exact) mass is 249 g/mol. The van der Waals surface area contributed by atoms with E-state index in [2.05, 4.69) is 26.1 Å². The summed E-state index contributed by atoms with van der Waals surface area (Å²) in [4.78, 5) is 11.7. The van der Waals surface area contributed by atoms with Crippen molar-refractivity contribution in [2.45, 2.75) is 40.2 Å². The minimum atomic E-state index is 0.112. The molecule has 0 fully saturated rings. The number of methoxy groups -OCH3 is 1. The standard InChI is InChI=1S/C15H23NO2/c1-15(2,3)10-9-14(17)16-11-12-5-7-13(18-4)8-6-12/h5-8H,9-11H2,1-4H3,(H,16,17). The summed E-state index contributed by atoms with van der Waals surface area (Å²) in [5.41, 5.74) is 1.29. The number of rotatable bonds is 5. The predicted octanol–water partition coefficient (Wildman–Crippen LogP) is 3.14. The summed E-state index contributed by atoms with van der Waals surface area (Å²) in [6.07, 6.45) is 1.49. The lowest BCUT2D eigenvalue weighted by Gasteiger charge is -2.17. The Kier molecular flexibility index (Phi) is 5.20. The summed E-state index contributed by atoms with van der Waals surface area (Å²) in [7, 11) is 1.64. The van der Waals surface area contributed by atoms with Crippen molar-refractivity contribution in [3.05, 3.63) is 29.8 Å². The van der Waals surface area contributed by atoms with E-state index in [1.54, 1.807) is 7.11 Å². The van der Waals surface area contributed by atoms with Crippen LogP contribution >= 0.6 is 0 Å². The highest BCUT2D eigenvalue weighted by Gasteiger charge is 2.12. The SMILES string of the molecule is COc1ccc(CNC(=O)CCC(C)(C)C)cc1. The maximum Gasteiger partial charge on any atom is 0.220 e. The van der Waals surface area contributed by atoms with Gasteiger partial charge in [-0.25, -0.2) is 0 Å². The van der Waals surface area contributed by atoms with E-state index in [1.165, 1.54) is 0 Å². The Bertz CT molecular complexity index is 376. The number of hydrogen-bond donors (Lipinski definition) is 1. The zero-order chi connectivity index (χ0) is 13.6. The van der Waals surface area contributed by atoms with Gasteiger partial charge in [0.05, 0.1) is 7.11 Å². The van der Waals surface area contributed by atoms with Crippen LogP contribution < -0.4 is 10.1 Å². The fraction of sp³-hybridized carbons (Fsp3) is 0.533. The third-order valence-electron chi connectivity index (χ3n) is 2.75. The quantitative estimate of drug-likeness (QED) is 0.870. The van der Waals surface area contributed by atoms with Gasteiger partial charge in [-0.2, -0.15) is 0 Å². The van der Waals surface area contributed by atoms with E-state index in [9.17, 15) is 4.79 Å². The number of amides is 1. The number of ether oxygens (including phenoxy) is 1. The van der Waals surface area contributed by atoms with Crippen LogP contribution in [0.5, 0.6) is 5.75 Å². The van der Waals surface area contributed by atoms with Crippen molar-refractivity contribution < 1.29 is 9.53 Å². The van der Waals surface area contributed by atoms with E-state index >= 15 is 0 Å². The molecule has 0 heterocycles. The fourth-order valence-corrected chi connectivity index (χ4v) is 1.52. The second kappa shape index (κ2) is 6.43. The van der Waals surface area contributed by atoms with Crippen molar-refractivity contribution in [3.63, 3.8) is 0 Å². The molecule has 0 spiro atoms. The number of nitrogens with one attached hydrogen (secondary N) is 1. The summed E-state index contributed by atoms with van der Waals surface area (Å²) < 4.78 is 5.08. The van der Waals surface area contributed by atoms with Crippen LogP contribution in [0.3, 0.4) is 0 Å². The number of carbonyl (C=O) groups excluding carboxylic acids is 1. The Labute approximate surface area is 110 Å². The zero-order valence-corrected chi connectivity index (χ0v) is 11.7. The van der Waals surface area contributed by atoms with Gasteiger partial charge in [-0.3, -0.25) is 4.79 Å². The van der Waals surface area contributed by atoms with Crippen molar-refractivity contribution in [1.29, 1.82) is 0 Å². The molecule has 1 rings (SSSR count). The molecule has 0 aliphatic heterocycles. The lowest BCUT2D eigenvalue weighted by atomic mass is 9.90. The highest BCUT2D eigenvalue weighted by Crippen LogP contribution is 2.20. The Hall–Kier alpha value is -1.51. The smallest absolute Gasteiger partial charge is 0.220 e. The van der Waals surface area contributed by atoms with Gasteiger partial charge in [0.2, 0.25) is 5.91 Å². The van der Waals surface area contributed by atoms with E-state index in [-0.39, 0.29) is 11.3 Å². The molecule has 0 aliphatic carbocycles. The number of benzene rings is 1. The Morgan fingerprint density at radius 1 is 1.22 bits per heavy atom. The van der Waals surface area contributed by atoms with Gasteiger partial charge >= 0.3 is 0 Å². The van der Waals surface area contributed by atoms with Gasteiger partial charge in [-0.05, 0) is 29.5 Å². The molecule has 3 nitrogen and oxygen atoms in total. The van der Waals surface area contributed by atoms with Crippen molar-refractivity contribution in [1.82, 2.24) is 5.32 Å². The molecule has 1 amide bonds. The zero-order valence-electron chi connectivity index (χ0n) is 11.7. The summed E-state index contributed by atoms with van der Waals surface area (Å²) in [5.74, 6) is 0.943. The topological polar surface area (TPSA) is 38.3 Å². The van der Waals surface area contributed by atoms with Crippen molar-refractivity contribution in [2.75, 3.05) is 7.11 Å². The van der Waals surface area contributed by atoms with Crippen LogP contribution in [0, 0.1) is 5.41 Å². The molecule has 0 aliphatic rings. The van der Waals surface area contributed by atoms with Crippen LogP contribution in [0.25, 0.3) is 0 Å². The predicted molar refractivity (Wildman–Crippen MR) is 73.5 cm³/mol. The van der Waals surface area contributed by atoms with Gasteiger partial charge in [0.1, 0.15) is 5.75 Å². The summed E-state index contributed by atoms with van der Waals surface area (Å²) in [6, 6.07) is 7.72. The van der Waals surface area contributed by atoms with Crippen molar-refractivity contribution in [2.24, 2.45) is 5.41 Å². The number of carbonyl (C=O) groups is 1. The van der Waals surface area contributed by atoms with E-state index in [0.717, 1.165) is 17.7 Å². The average molecular weight is 249 g/mol. The molecule has 1 aromatic carbocycles. The molecule has 0 unspecified atom stereocenters. The third-order valence-corrected chi connectivity index (χ3v) is 2.75. The molecule has 1 N–H and O–H groups in total. The van der Waals surface area contributed by atoms with Gasteiger partial charge in [0.25, 0.3) is 0 Å². The van der Waals surface area contributed by atoms with Crippen LogP contribution in [-0.4, -0.2) is 13.0 Å². The molecule has 0 saturated carbocycles.